The van der Waals surface area contributed by atoms with Crippen LogP contribution in [0.15, 0.2) is 24.3 Å². The maximum absolute atomic E-state index is 12.4. The van der Waals surface area contributed by atoms with Crippen LogP contribution in [-0.4, -0.2) is 48.5 Å². The average molecular weight is 395 g/mol. The third-order valence-electron chi connectivity index (χ3n) is 3.85. The molecule has 0 radical (unpaired) electrons. The number of rotatable bonds is 9. The van der Waals surface area contributed by atoms with E-state index in [2.05, 4.69) is 5.32 Å². The normalized spacial score (nSPS) is 13.2. The first-order valence-corrected chi connectivity index (χ1v) is 9.07. The summed E-state index contributed by atoms with van der Waals surface area (Å²) in [5, 5.41) is 11.4. The molecule has 0 aliphatic rings. The molecule has 0 aromatic heterocycles. The van der Waals surface area contributed by atoms with Crippen LogP contribution in [0.3, 0.4) is 0 Å². The highest BCUT2D eigenvalue weighted by Gasteiger charge is 2.27. The molecule has 0 aliphatic heterocycles. The Hall–Kier alpha value is -2.77. The smallest absolute Gasteiger partial charge is 0.408 e. The fourth-order valence-electron chi connectivity index (χ4n) is 2.35. The van der Waals surface area contributed by atoms with Crippen LogP contribution in [0.1, 0.15) is 39.7 Å². The summed E-state index contributed by atoms with van der Waals surface area (Å²) < 4.78 is 15.3. The summed E-state index contributed by atoms with van der Waals surface area (Å²) in [4.78, 5) is 35.4. The van der Waals surface area contributed by atoms with Crippen molar-refractivity contribution in [1.29, 1.82) is 0 Å². The highest BCUT2D eigenvalue weighted by Crippen LogP contribution is 2.17. The zero-order chi connectivity index (χ0) is 21.3. The minimum Gasteiger partial charge on any atom is -0.497 e. The van der Waals surface area contributed by atoms with Crippen molar-refractivity contribution in [2.75, 3.05) is 13.7 Å². The summed E-state index contributed by atoms with van der Waals surface area (Å²) in [6, 6.07) is 5.94. The number of hydrogen-bond acceptors (Lipinski definition) is 6. The fraction of sp³-hybridized carbons (Fsp3) is 0.550. The molecule has 1 aromatic carbocycles. The van der Waals surface area contributed by atoms with Gasteiger partial charge in [-0.1, -0.05) is 19.1 Å². The first-order chi connectivity index (χ1) is 13.1. The number of carbonyl (C=O) groups excluding carboxylic acids is 2. The monoisotopic (exact) mass is 395 g/mol. The number of ether oxygens (including phenoxy) is 3. The van der Waals surface area contributed by atoms with Gasteiger partial charge in [-0.05, 0) is 51.3 Å². The van der Waals surface area contributed by atoms with E-state index in [-0.39, 0.29) is 0 Å². The van der Waals surface area contributed by atoms with E-state index in [1.807, 2.05) is 19.1 Å². The molecule has 2 atom stereocenters. The Morgan fingerprint density at radius 2 is 1.75 bits per heavy atom. The summed E-state index contributed by atoms with van der Waals surface area (Å²) in [6.07, 6.45) is 0.0970. The van der Waals surface area contributed by atoms with E-state index in [9.17, 15) is 19.5 Å². The highest BCUT2D eigenvalue weighted by molar-refractivity contribution is 5.81. The molecule has 0 aliphatic carbocycles. The molecule has 0 saturated heterocycles. The van der Waals surface area contributed by atoms with Gasteiger partial charge in [0.05, 0.1) is 13.0 Å². The number of hydrogen-bond donors (Lipinski definition) is 2. The summed E-state index contributed by atoms with van der Waals surface area (Å²) >= 11 is 0. The van der Waals surface area contributed by atoms with Gasteiger partial charge >= 0.3 is 18.0 Å². The molecule has 0 saturated carbocycles. The van der Waals surface area contributed by atoms with Crippen LogP contribution in [0, 0.1) is 5.92 Å². The SMILES string of the molecule is CC[C@@H](Cc1ccc(OC)cc1)C(=O)OC[C@H](NC(=O)OC(C)(C)C)C(=O)O. The van der Waals surface area contributed by atoms with Crippen LogP contribution in [-0.2, 0) is 25.5 Å². The van der Waals surface area contributed by atoms with E-state index in [0.29, 0.717) is 12.8 Å². The Balaban J connectivity index is 2.63. The summed E-state index contributed by atoms with van der Waals surface area (Å²) in [5.74, 6) is -1.54. The summed E-state index contributed by atoms with van der Waals surface area (Å²) in [5.41, 5.74) is 0.168. The lowest BCUT2D eigenvalue weighted by Gasteiger charge is -2.22. The zero-order valence-corrected chi connectivity index (χ0v) is 17.0. The van der Waals surface area contributed by atoms with Crippen LogP contribution >= 0.6 is 0 Å². The Morgan fingerprint density at radius 1 is 1.14 bits per heavy atom. The molecule has 0 unspecified atom stereocenters. The van der Waals surface area contributed by atoms with Crippen molar-refractivity contribution < 1.29 is 33.7 Å². The van der Waals surface area contributed by atoms with Crippen LogP contribution in [0.25, 0.3) is 0 Å². The molecule has 0 fully saturated rings. The lowest BCUT2D eigenvalue weighted by Crippen LogP contribution is -2.46. The van der Waals surface area contributed by atoms with Gasteiger partial charge in [0, 0.05) is 0 Å². The lowest BCUT2D eigenvalue weighted by molar-refractivity contribution is -0.152. The molecular weight excluding hydrogens is 366 g/mol. The molecule has 28 heavy (non-hydrogen) atoms. The first-order valence-electron chi connectivity index (χ1n) is 9.07. The second kappa shape index (κ2) is 10.5. The number of carbonyl (C=O) groups is 3. The number of carboxylic acids is 1. The molecule has 156 valence electrons. The Morgan fingerprint density at radius 3 is 2.21 bits per heavy atom. The molecule has 8 nitrogen and oxygen atoms in total. The quantitative estimate of drug-likeness (QED) is 0.619. The third-order valence-corrected chi connectivity index (χ3v) is 3.85. The van der Waals surface area contributed by atoms with Crippen LogP contribution < -0.4 is 10.1 Å². The maximum atomic E-state index is 12.4. The average Bonchev–Trinajstić information content (AvgIpc) is 2.61. The number of esters is 1. The maximum Gasteiger partial charge on any atom is 0.408 e. The molecule has 0 spiro atoms. The number of alkyl carbamates (subject to hydrolysis) is 1. The minimum absolute atomic E-state index is 0.427. The van der Waals surface area contributed by atoms with E-state index >= 15 is 0 Å². The third kappa shape index (κ3) is 8.28. The largest absolute Gasteiger partial charge is 0.497 e. The van der Waals surface area contributed by atoms with Crippen molar-refractivity contribution in [2.45, 2.75) is 52.2 Å². The van der Waals surface area contributed by atoms with Gasteiger partial charge in [-0.15, -0.1) is 0 Å². The van der Waals surface area contributed by atoms with Crippen LogP contribution in [0.4, 0.5) is 4.79 Å². The van der Waals surface area contributed by atoms with E-state index in [0.717, 1.165) is 11.3 Å². The molecule has 2 N–H and O–H groups in total. The Labute approximate surface area is 165 Å². The number of amides is 1. The second-order valence-electron chi connectivity index (χ2n) is 7.32. The molecule has 8 heteroatoms. The van der Waals surface area contributed by atoms with Crippen molar-refractivity contribution in [3.05, 3.63) is 29.8 Å². The standard InChI is InChI=1S/C20H29NO7/c1-6-14(11-13-7-9-15(26-5)10-8-13)18(24)27-12-16(17(22)23)21-19(25)28-20(2,3)4/h7-10,14,16H,6,11-12H2,1-5H3,(H,21,25)(H,22,23)/t14-,16-/m0/s1. The lowest BCUT2D eigenvalue weighted by atomic mass is 9.97. The predicted octanol–water partition coefficient (Wildman–Crippen LogP) is 2.79. The van der Waals surface area contributed by atoms with E-state index < -0.39 is 42.2 Å². The highest BCUT2D eigenvalue weighted by atomic mass is 16.6. The predicted molar refractivity (Wildman–Crippen MR) is 102 cm³/mol. The second-order valence-corrected chi connectivity index (χ2v) is 7.32. The van der Waals surface area contributed by atoms with E-state index in [4.69, 9.17) is 14.2 Å². The van der Waals surface area contributed by atoms with Crippen molar-refractivity contribution >= 4 is 18.0 Å². The summed E-state index contributed by atoms with van der Waals surface area (Å²) in [6.45, 7) is 6.35. The fourth-order valence-corrected chi connectivity index (χ4v) is 2.35. The van der Waals surface area contributed by atoms with Gasteiger partial charge in [0.1, 0.15) is 18.0 Å². The summed E-state index contributed by atoms with van der Waals surface area (Å²) in [7, 11) is 1.57. The van der Waals surface area contributed by atoms with Gasteiger partial charge in [0.15, 0.2) is 6.04 Å². The van der Waals surface area contributed by atoms with Crippen molar-refractivity contribution in [3.8, 4) is 5.75 Å². The first kappa shape index (κ1) is 23.3. The molecule has 0 heterocycles. The van der Waals surface area contributed by atoms with Crippen LogP contribution in [0.5, 0.6) is 5.75 Å². The molecule has 0 bridgehead atoms. The topological polar surface area (TPSA) is 111 Å². The van der Waals surface area contributed by atoms with E-state index in [1.54, 1.807) is 40.0 Å². The van der Waals surface area contributed by atoms with Gasteiger partial charge in [-0.25, -0.2) is 9.59 Å². The Kier molecular flexibility index (Phi) is 8.76. The van der Waals surface area contributed by atoms with Crippen molar-refractivity contribution in [3.63, 3.8) is 0 Å². The number of nitrogens with one attached hydrogen (secondary N) is 1. The van der Waals surface area contributed by atoms with E-state index in [1.165, 1.54) is 0 Å². The molecule has 1 aromatic rings. The van der Waals surface area contributed by atoms with Gasteiger partial charge < -0.3 is 24.6 Å². The van der Waals surface area contributed by atoms with Gasteiger partial charge in [0.25, 0.3) is 0 Å². The van der Waals surface area contributed by atoms with Crippen molar-refractivity contribution in [1.82, 2.24) is 5.32 Å². The molecular formula is C20H29NO7. The number of carboxylic acid groups (broad SMARTS) is 1. The number of methoxy groups -OCH3 is 1. The van der Waals surface area contributed by atoms with Crippen molar-refractivity contribution in [2.24, 2.45) is 5.92 Å². The Bertz CT molecular complexity index is 664. The van der Waals surface area contributed by atoms with Crippen LogP contribution in [0.2, 0.25) is 0 Å². The minimum atomic E-state index is -1.39. The zero-order valence-electron chi connectivity index (χ0n) is 17.0. The molecule has 1 amide bonds. The number of benzene rings is 1. The van der Waals surface area contributed by atoms with Gasteiger partial charge in [-0.2, -0.15) is 0 Å². The number of aliphatic carboxylic acids is 1. The molecule has 1 rings (SSSR count). The van der Waals surface area contributed by atoms with Gasteiger partial charge in [-0.3, -0.25) is 4.79 Å². The van der Waals surface area contributed by atoms with Gasteiger partial charge in [0.2, 0.25) is 0 Å².